The molecule has 0 spiro atoms. The molecule has 3 rings (SSSR count). The molecular weight excluding hydrogens is 422 g/mol. The molecule has 31 heavy (non-hydrogen) atoms. The summed E-state index contributed by atoms with van der Waals surface area (Å²) in [4.78, 5) is 38.0. The van der Waals surface area contributed by atoms with Crippen molar-refractivity contribution in [3.63, 3.8) is 0 Å². The number of rotatable bonds is 6. The molecule has 3 N–H and O–H groups in total. The predicted octanol–water partition coefficient (Wildman–Crippen LogP) is 2.61. The number of nitrogens with zero attached hydrogens (tertiary/aromatic N) is 1. The standard InChI is InChI=1S/C21H23N3O6S/c1-4-30-21(28)17-13-6-5-7-16(13)31-20(17)22-18(26)19(27)24-23-11(2)12-8-9-14(25)15(10-12)29-3/h8-10,25H,4-7H2,1-3H3,(H,22,26)(H,24,27). The third-order valence-electron chi connectivity index (χ3n) is 4.76. The van der Waals surface area contributed by atoms with Crippen LogP contribution < -0.4 is 15.5 Å². The monoisotopic (exact) mass is 445 g/mol. The highest BCUT2D eigenvalue weighted by Gasteiger charge is 2.29. The molecule has 0 radical (unpaired) electrons. The van der Waals surface area contributed by atoms with Crippen LogP contribution in [0.15, 0.2) is 23.3 Å². The Kier molecular flexibility index (Phi) is 6.91. The van der Waals surface area contributed by atoms with E-state index in [0.717, 1.165) is 29.7 Å². The van der Waals surface area contributed by atoms with Crippen LogP contribution in [0.5, 0.6) is 11.5 Å². The minimum Gasteiger partial charge on any atom is -0.504 e. The third kappa shape index (κ3) is 4.85. The summed E-state index contributed by atoms with van der Waals surface area (Å²) in [7, 11) is 1.42. The van der Waals surface area contributed by atoms with E-state index in [-0.39, 0.29) is 18.1 Å². The second-order valence-electron chi connectivity index (χ2n) is 6.76. The van der Waals surface area contributed by atoms with Gasteiger partial charge in [0.2, 0.25) is 0 Å². The van der Waals surface area contributed by atoms with Gasteiger partial charge in [-0.3, -0.25) is 9.59 Å². The summed E-state index contributed by atoms with van der Waals surface area (Å²) in [5, 5.41) is 16.4. The maximum Gasteiger partial charge on any atom is 0.341 e. The van der Waals surface area contributed by atoms with Crippen molar-refractivity contribution < 1.29 is 29.0 Å². The lowest BCUT2D eigenvalue weighted by Gasteiger charge is -2.08. The van der Waals surface area contributed by atoms with Crippen molar-refractivity contribution in [2.75, 3.05) is 19.0 Å². The Morgan fingerprint density at radius 1 is 1.23 bits per heavy atom. The maximum absolute atomic E-state index is 12.4. The summed E-state index contributed by atoms with van der Waals surface area (Å²) < 4.78 is 10.2. The van der Waals surface area contributed by atoms with Crippen LogP contribution in [0.3, 0.4) is 0 Å². The molecule has 2 aromatic rings. The number of phenolic OH excluding ortho intramolecular Hbond substituents is 1. The van der Waals surface area contributed by atoms with Gasteiger partial charge in [-0.15, -0.1) is 11.3 Å². The Balaban J connectivity index is 1.71. The van der Waals surface area contributed by atoms with Gasteiger partial charge in [0.15, 0.2) is 11.5 Å². The summed E-state index contributed by atoms with van der Waals surface area (Å²) >= 11 is 1.29. The molecule has 1 aliphatic rings. The number of carbonyl (C=O) groups is 3. The Bertz CT molecular complexity index is 1060. The van der Waals surface area contributed by atoms with Gasteiger partial charge in [-0.2, -0.15) is 5.10 Å². The van der Waals surface area contributed by atoms with Crippen molar-refractivity contribution in [1.29, 1.82) is 0 Å². The third-order valence-corrected chi connectivity index (χ3v) is 5.96. The molecule has 9 nitrogen and oxygen atoms in total. The van der Waals surface area contributed by atoms with Gasteiger partial charge in [-0.05, 0) is 56.9 Å². The summed E-state index contributed by atoms with van der Waals surface area (Å²) in [5.41, 5.74) is 4.41. The molecule has 1 aromatic carbocycles. The lowest BCUT2D eigenvalue weighted by Crippen LogP contribution is -2.33. The fraction of sp³-hybridized carbons (Fsp3) is 0.333. The Morgan fingerprint density at radius 2 is 2.00 bits per heavy atom. The van der Waals surface area contributed by atoms with Gasteiger partial charge in [0.05, 0.1) is 25.0 Å². The van der Waals surface area contributed by atoms with Gasteiger partial charge in [-0.25, -0.2) is 10.2 Å². The fourth-order valence-corrected chi connectivity index (χ4v) is 4.50. The van der Waals surface area contributed by atoms with E-state index >= 15 is 0 Å². The zero-order valence-electron chi connectivity index (χ0n) is 17.4. The molecule has 0 unspecified atom stereocenters. The topological polar surface area (TPSA) is 126 Å². The number of esters is 1. The van der Waals surface area contributed by atoms with Crippen LogP contribution in [0.4, 0.5) is 5.00 Å². The number of hydrogen-bond donors (Lipinski definition) is 3. The number of hydrazone groups is 1. The molecule has 0 aliphatic heterocycles. The van der Waals surface area contributed by atoms with Gasteiger partial charge in [0.25, 0.3) is 0 Å². The van der Waals surface area contributed by atoms with E-state index in [1.807, 2.05) is 0 Å². The van der Waals surface area contributed by atoms with Crippen LogP contribution in [0.25, 0.3) is 0 Å². The largest absolute Gasteiger partial charge is 0.504 e. The minimum atomic E-state index is -0.978. The van der Waals surface area contributed by atoms with Crippen LogP contribution in [-0.4, -0.2) is 42.3 Å². The van der Waals surface area contributed by atoms with Gasteiger partial charge in [-0.1, -0.05) is 0 Å². The SMILES string of the molecule is CCOC(=O)c1c(NC(=O)C(=O)NN=C(C)c2ccc(O)c(OC)c2)sc2c1CCC2. The number of fused-ring (bicyclic) bond motifs is 1. The molecule has 1 heterocycles. The minimum absolute atomic E-state index is 0.0253. The number of aromatic hydroxyl groups is 1. The molecule has 10 heteroatoms. The first-order valence-electron chi connectivity index (χ1n) is 9.70. The molecule has 0 saturated heterocycles. The molecule has 1 aromatic heterocycles. The number of benzene rings is 1. The zero-order valence-corrected chi connectivity index (χ0v) is 18.2. The lowest BCUT2D eigenvalue weighted by atomic mass is 10.1. The van der Waals surface area contributed by atoms with Crippen molar-refractivity contribution in [1.82, 2.24) is 5.43 Å². The molecule has 1 aliphatic carbocycles. The average Bonchev–Trinajstić information content (AvgIpc) is 3.32. The van der Waals surface area contributed by atoms with E-state index in [2.05, 4.69) is 15.8 Å². The Morgan fingerprint density at radius 3 is 2.71 bits per heavy atom. The summed E-state index contributed by atoms with van der Waals surface area (Å²) in [6.45, 7) is 3.56. The van der Waals surface area contributed by atoms with Crippen LogP contribution in [0.1, 0.15) is 46.6 Å². The van der Waals surface area contributed by atoms with Gasteiger partial charge >= 0.3 is 17.8 Å². The van der Waals surface area contributed by atoms with Crippen LogP contribution in [0, 0.1) is 0 Å². The zero-order chi connectivity index (χ0) is 22.5. The van der Waals surface area contributed by atoms with Gasteiger partial charge in [0, 0.05) is 10.4 Å². The average molecular weight is 445 g/mol. The summed E-state index contributed by atoms with van der Waals surface area (Å²) in [6.07, 6.45) is 2.51. The van der Waals surface area contributed by atoms with Crippen molar-refractivity contribution in [2.45, 2.75) is 33.1 Å². The number of carbonyl (C=O) groups excluding carboxylic acids is 3. The number of methoxy groups -OCH3 is 1. The normalized spacial score (nSPS) is 12.8. The predicted molar refractivity (Wildman–Crippen MR) is 116 cm³/mol. The highest BCUT2D eigenvalue weighted by Crippen LogP contribution is 2.39. The van der Waals surface area contributed by atoms with Crippen LogP contribution in [-0.2, 0) is 27.2 Å². The summed E-state index contributed by atoms with van der Waals surface area (Å²) in [6, 6.07) is 4.59. The van der Waals surface area contributed by atoms with Gasteiger partial charge < -0.3 is 19.9 Å². The number of phenols is 1. The number of thiophene rings is 1. The summed E-state index contributed by atoms with van der Waals surface area (Å²) in [5.74, 6) is -2.19. The lowest BCUT2D eigenvalue weighted by molar-refractivity contribution is -0.136. The first kappa shape index (κ1) is 22.3. The molecule has 0 atom stereocenters. The second kappa shape index (κ2) is 9.61. The highest BCUT2D eigenvalue weighted by molar-refractivity contribution is 7.17. The van der Waals surface area contributed by atoms with E-state index in [4.69, 9.17) is 9.47 Å². The first-order chi connectivity index (χ1) is 14.8. The van der Waals surface area contributed by atoms with Crippen LogP contribution >= 0.6 is 11.3 Å². The Hall–Kier alpha value is -3.40. The van der Waals surface area contributed by atoms with Crippen molar-refractivity contribution in [3.05, 3.63) is 39.8 Å². The number of anilines is 1. The second-order valence-corrected chi connectivity index (χ2v) is 7.87. The molecule has 0 bridgehead atoms. The number of hydrogen-bond acceptors (Lipinski definition) is 8. The van der Waals surface area contributed by atoms with E-state index in [0.29, 0.717) is 21.8 Å². The molecule has 164 valence electrons. The van der Waals surface area contributed by atoms with E-state index in [1.165, 1.54) is 24.5 Å². The number of nitrogens with one attached hydrogen (secondary N) is 2. The molecule has 0 saturated carbocycles. The molecular formula is C21H23N3O6S. The smallest absolute Gasteiger partial charge is 0.341 e. The highest BCUT2D eigenvalue weighted by atomic mass is 32.1. The van der Waals surface area contributed by atoms with E-state index in [9.17, 15) is 19.5 Å². The van der Waals surface area contributed by atoms with Crippen molar-refractivity contribution >= 4 is 39.8 Å². The molecule has 2 amide bonds. The molecule has 0 fully saturated rings. The van der Waals surface area contributed by atoms with E-state index in [1.54, 1.807) is 26.0 Å². The Labute approximate surface area is 183 Å². The maximum atomic E-state index is 12.4. The number of aryl methyl sites for hydroxylation is 1. The number of amides is 2. The van der Waals surface area contributed by atoms with Crippen LogP contribution in [0.2, 0.25) is 0 Å². The van der Waals surface area contributed by atoms with E-state index < -0.39 is 17.8 Å². The quantitative estimate of drug-likeness (QED) is 0.272. The number of ether oxygens (including phenoxy) is 2. The first-order valence-corrected chi connectivity index (χ1v) is 10.5. The fourth-order valence-electron chi connectivity index (χ4n) is 3.22. The van der Waals surface area contributed by atoms with Crippen molar-refractivity contribution in [2.24, 2.45) is 5.10 Å². The van der Waals surface area contributed by atoms with Crippen molar-refractivity contribution in [3.8, 4) is 11.5 Å². The van der Waals surface area contributed by atoms with Gasteiger partial charge in [0.1, 0.15) is 5.00 Å².